The summed E-state index contributed by atoms with van der Waals surface area (Å²) in [6, 6.07) is 0. The highest BCUT2D eigenvalue weighted by molar-refractivity contribution is 5.78. The number of amides is 1. The van der Waals surface area contributed by atoms with Crippen molar-refractivity contribution < 1.29 is 9.90 Å². The number of hydrogen-bond donors (Lipinski definition) is 2. The lowest BCUT2D eigenvalue weighted by molar-refractivity contribution is -0.126. The van der Waals surface area contributed by atoms with Gasteiger partial charge in [-0.25, -0.2) is 0 Å². The fraction of sp³-hybridized carbons (Fsp3) is 0.933. The molecule has 18 heavy (non-hydrogen) atoms. The number of carbonyl (C=O) groups is 1. The SMILES string of the molecule is CC1CCC(C(=O)NCC2CCCC2CO)CC1. The van der Waals surface area contributed by atoms with Crippen LogP contribution in [0.5, 0.6) is 0 Å². The summed E-state index contributed by atoms with van der Waals surface area (Å²) in [4.78, 5) is 12.1. The smallest absolute Gasteiger partial charge is 0.223 e. The van der Waals surface area contributed by atoms with Crippen LogP contribution < -0.4 is 5.32 Å². The zero-order chi connectivity index (χ0) is 13.0. The highest BCUT2D eigenvalue weighted by atomic mass is 16.3. The Bertz CT molecular complexity index is 272. The maximum absolute atomic E-state index is 12.1. The van der Waals surface area contributed by atoms with Crippen LogP contribution in [0.1, 0.15) is 51.9 Å². The average molecular weight is 253 g/mol. The van der Waals surface area contributed by atoms with Gasteiger partial charge >= 0.3 is 0 Å². The number of rotatable bonds is 4. The Balaban J connectivity index is 1.71. The maximum atomic E-state index is 12.1. The van der Waals surface area contributed by atoms with E-state index >= 15 is 0 Å². The molecule has 0 heterocycles. The third-order valence-corrected chi connectivity index (χ3v) is 4.98. The predicted molar refractivity (Wildman–Crippen MR) is 72.0 cm³/mol. The minimum absolute atomic E-state index is 0.246. The third kappa shape index (κ3) is 3.47. The molecule has 3 heteroatoms. The summed E-state index contributed by atoms with van der Waals surface area (Å²) in [5.74, 6) is 2.21. The van der Waals surface area contributed by atoms with Crippen LogP contribution in [-0.4, -0.2) is 24.2 Å². The van der Waals surface area contributed by atoms with E-state index in [4.69, 9.17) is 0 Å². The van der Waals surface area contributed by atoms with Gasteiger partial charge in [0.05, 0.1) is 0 Å². The summed E-state index contributed by atoms with van der Waals surface area (Å²) in [7, 11) is 0. The highest BCUT2D eigenvalue weighted by Crippen LogP contribution is 2.31. The Labute approximate surface area is 110 Å². The first-order valence-electron chi connectivity index (χ1n) is 7.59. The molecule has 0 spiro atoms. The van der Waals surface area contributed by atoms with E-state index in [0.717, 1.165) is 38.1 Å². The Morgan fingerprint density at radius 3 is 2.44 bits per heavy atom. The van der Waals surface area contributed by atoms with Crippen LogP contribution in [0, 0.1) is 23.7 Å². The summed E-state index contributed by atoms with van der Waals surface area (Å²) < 4.78 is 0. The third-order valence-electron chi connectivity index (χ3n) is 4.98. The molecule has 0 aromatic heterocycles. The second kappa shape index (κ2) is 6.55. The van der Waals surface area contributed by atoms with Crippen molar-refractivity contribution in [1.29, 1.82) is 0 Å². The molecule has 2 rings (SSSR count). The van der Waals surface area contributed by atoms with Gasteiger partial charge in [-0.3, -0.25) is 4.79 Å². The Hall–Kier alpha value is -0.570. The second-order valence-corrected chi connectivity index (χ2v) is 6.34. The van der Waals surface area contributed by atoms with E-state index in [-0.39, 0.29) is 18.4 Å². The van der Waals surface area contributed by atoms with E-state index in [1.54, 1.807) is 0 Å². The Kier molecular flexibility index (Phi) is 5.04. The summed E-state index contributed by atoms with van der Waals surface area (Å²) in [5.41, 5.74) is 0. The summed E-state index contributed by atoms with van der Waals surface area (Å²) in [6.07, 6.45) is 7.99. The van der Waals surface area contributed by atoms with Crippen LogP contribution in [0.4, 0.5) is 0 Å². The first-order chi connectivity index (χ1) is 8.70. The van der Waals surface area contributed by atoms with Gasteiger partial charge in [-0.05, 0) is 56.3 Å². The van der Waals surface area contributed by atoms with Gasteiger partial charge in [0, 0.05) is 19.1 Å². The lowest BCUT2D eigenvalue weighted by Gasteiger charge is -2.26. The molecule has 0 radical (unpaired) electrons. The standard InChI is InChI=1S/C15H27NO2/c1-11-5-7-12(8-6-11)15(18)16-9-13-3-2-4-14(13)10-17/h11-14,17H,2-10H2,1H3,(H,16,18). The molecular formula is C15H27NO2. The van der Waals surface area contributed by atoms with Gasteiger partial charge in [-0.2, -0.15) is 0 Å². The minimum Gasteiger partial charge on any atom is -0.396 e. The van der Waals surface area contributed by atoms with Crippen molar-refractivity contribution in [2.45, 2.75) is 51.9 Å². The molecule has 2 saturated carbocycles. The van der Waals surface area contributed by atoms with Crippen LogP contribution in [0.3, 0.4) is 0 Å². The van der Waals surface area contributed by atoms with Crippen LogP contribution in [-0.2, 0) is 4.79 Å². The maximum Gasteiger partial charge on any atom is 0.223 e. The molecule has 2 aliphatic carbocycles. The second-order valence-electron chi connectivity index (χ2n) is 6.34. The minimum atomic E-state index is 0.246. The van der Waals surface area contributed by atoms with Crippen LogP contribution >= 0.6 is 0 Å². The van der Waals surface area contributed by atoms with Gasteiger partial charge in [-0.15, -0.1) is 0 Å². The molecule has 2 aliphatic rings. The zero-order valence-corrected chi connectivity index (χ0v) is 11.5. The monoisotopic (exact) mass is 253 g/mol. The summed E-state index contributed by atoms with van der Waals surface area (Å²) in [5, 5.41) is 12.4. The number of nitrogens with one attached hydrogen (secondary N) is 1. The van der Waals surface area contributed by atoms with Crippen molar-refractivity contribution in [3.05, 3.63) is 0 Å². The van der Waals surface area contributed by atoms with E-state index in [1.165, 1.54) is 19.3 Å². The molecule has 2 unspecified atom stereocenters. The Morgan fingerprint density at radius 2 is 1.78 bits per heavy atom. The van der Waals surface area contributed by atoms with E-state index in [1.807, 2.05) is 0 Å². The van der Waals surface area contributed by atoms with E-state index in [2.05, 4.69) is 12.2 Å². The number of carbonyl (C=O) groups excluding carboxylic acids is 1. The fourth-order valence-electron chi connectivity index (χ4n) is 3.52. The molecule has 0 bridgehead atoms. The molecule has 2 fully saturated rings. The molecule has 1 amide bonds. The van der Waals surface area contributed by atoms with Gasteiger partial charge in [0.25, 0.3) is 0 Å². The van der Waals surface area contributed by atoms with E-state index in [0.29, 0.717) is 11.8 Å². The van der Waals surface area contributed by atoms with Gasteiger partial charge in [0.1, 0.15) is 0 Å². The van der Waals surface area contributed by atoms with E-state index < -0.39 is 0 Å². The average Bonchev–Trinajstić information content (AvgIpc) is 2.84. The van der Waals surface area contributed by atoms with Gasteiger partial charge in [-0.1, -0.05) is 13.3 Å². The van der Waals surface area contributed by atoms with Crippen molar-refractivity contribution in [3.8, 4) is 0 Å². The number of aliphatic hydroxyl groups excluding tert-OH is 1. The zero-order valence-electron chi connectivity index (χ0n) is 11.5. The topological polar surface area (TPSA) is 49.3 Å². The largest absolute Gasteiger partial charge is 0.396 e. The first kappa shape index (κ1) is 13.9. The summed E-state index contributed by atoms with van der Waals surface area (Å²) >= 11 is 0. The molecule has 0 aromatic rings. The van der Waals surface area contributed by atoms with Gasteiger partial charge in [0.2, 0.25) is 5.91 Å². The molecule has 3 nitrogen and oxygen atoms in total. The quantitative estimate of drug-likeness (QED) is 0.808. The lowest BCUT2D eigenvalue weighted by Crippen LogP contribution is -2.37. The summed E-state index contributed by atoms with van der Waals surface area (Å²) in [6.45, 7) is 3.33. The van der Waals surface area contributed by atoms with Crippen molar-refractivity contribution in [3.63, 3.8) is 0 Å². The number of aliphatic hydroxyl groups is 1. The molecule has 0 aliphatic heterocycles. The van der Waals surface area contributed by atoms with E-state index in [9.17, 15) is 9.90 Å². The molecule has 0 saturated heterocycles. The van der Waals surface area contributed by atoms with Crippen molar-refractivity contribution >= 4 is 5.91 Å². The molecule has 2 atom stereocenters. The molecular weight excluding hydrogens is 226 g/mol. The van der Waals surface area contributed by atoms with Crippen molar-refractivity contribution in [2.24, 2.45) is 23.7 Å². The normalized spacial score (nSPS) is 36.6. The molecule has 104 valence electrons. The van der Waals surface area contributed by atoms with Crippen molar-refractivity contribution in [2.75, 3.05) is 13.2 Å². The first-order valence-corrected chi connectivity index (χ1v) is 7.59. The molecule has 0 aromatic carbocycles. The highest BCUT2D eigenvalue weighted by Gasteiger charge is 2.28. The van der Waals surface area contributed by atoms with Crippen LogP contribution in [0.15, 0.2) is 0 Å². The molecule has 2 N–H and O–H groups in total. The lowest BCUT2D eigenvalue weighted by atomic mass is 9.82. The van der Waals surface area contributed by atoms with Crippen molar-refractivity contribution in [1.82, 2.24) is 5.32 Å². The van der Waals surface area contributed by atoms with Gasteiger partial charge < -0.3 is 10.4 Å². The van der Waals surface area contributed by atoms with Crippen LogP contribution in [0.2, 0.25) is 0 Å². The Morgan fingerprint density at radius 1 is 1.11 bits per heavy atom. The predicted octanol–water partition coefficient (Wildman–Crippen LogP) is 2.34. The number of hydrogen-bond acceptors (Lipinski definition) is 2. The van der Waals surface area contributed by atoms with Crippen LogP contribution in [0.25, 0.3) is 0 Å². The fourth-order valence-corrected chi connectivity index (χ4v) is 3.52. The van der Waals surface area contributed by atoms with Gasteiger partial charge in [0.15, 0.2) is 0 Å².